The van der Waals surface area contributed by atoms with Gasteiger partial charge in [-0.05, 0) is 12.0 Å². The highest BCUT2D eigenvalue weighted by Gasteiger charge is 2.39. The van der Waals surface area contributed by atoms with Crippen molar-refractivity contribution in [3.63, 3.8) is 0 Å². The van der Waals surface area contributed by atoms with Crippen LogP contribution in [0, 0.1) is 0 Å². The van der Waals surface area contributed by atoms with E-state index < -0.39 is 17.7 Å². The van der Waals surface area contributed by atoms with Crippen LogP contribution < -0.4 is 0 Å². The zero-order chi connectivity index (χ0) is 18.1. The molecule has 0 saturated heterocycles. The molecule has 0 saturated carbocycles. The molecule has 2 aromatic carbocycles. The molecule has 0 N–H and O–H groups in total. The Hall–Kier alpha value is -2.62. The third-order valence-electron chi connectivity index (χ3n) is 3.93. The van der Waals surface area contributed by atoms with Gasteiger partial charge in [-0.2, -0.15) is 0 Å². The van der Waals surface area contributed by atoms with Crippen molar-refractivity contribution in [2.75, 3.05) is 0 Å². The Bertz CT molecular complexity index is 662. The molecule has 0 amide bonds. The van der Waals surface area contributed by atoms with Gasteiger partial charge in [-0.25, -0.2) is 0 Å². The summed E-state index contributed by atoms with van der Waals surface area (Å²) in [7, 11) is 0. The van der Waals surface area contributed by atoms with E-state index in [1.165, 1.54) is 0 Å². The molecule has 0 bridgehead atoms. The van der Waals surface area contributed by atoms with E-state index in [1.807, 2.05) is 60.7 Å². The number of aryl methyl sites for hydroxylation is 1. The third kappa shape index (κ3) is 5.18. The van der Waals surface area contributed by atoms with Crippen molar-refractivity contribution in [2.45, 2.75) is 45.3 Å². The molecular formula is C21H24O4. The summed E-state index contributed by atoms with van der Waals surface area (Å²) in [5.41, 5.74) is 1.75. The molecule has 0 aliphatic carbocycles. The van der Waals surface area contributed by atoms with E-state index in [0.717, 1.165) is 5.56 Å². The highest BCUT2D eigenvalue weighted by Crippen LogP contribution is 2.34. The molecule has 0 aliphatic rings. The third-order valence-corrected chi connectivity index (χ3v) is 3.93. The van der Waals surface area contributed by atoms with Crippen LogP contribution in [0.4, 0.5) is 0 Å². The second kappa shape index (κ2) is 9.02. The highest BCUT2D eigenvalue weighted by atomic mass is 16.7. The van der Waals surface area contributed by atoms with E-state index in [-0.39, 0.29) is 12.8 Å². The van der Waals surface area contributed by atoms with Crippen LogP contribution in [0.3, 0.4) is 0 Å². The first-order chi connectivity index (χ1) is 12.1. The van der Waals surface area contributed by atoms with Gasteiger partial charge in [-0.3, -0.25) is 9.59 Å². The van der Waals surface area contributed by atoms with Crippen LogP contribution in [-0.4, -0.2) is 11.9 Å². The van der Waals surface area contributed by atoms with Crippen LogP contribution in [0.2, 0.25) is 0 Å². The monoisotopic (exact) mass is 340 g/mol. The van der Waals surface area contributed by atoms with Gasteiger partial charge in [0.15, 0.2) is 0 Å². The quantitative estimate of drug-likeness (QED) is 0.529. The lowest BCUT2D eigenvalue weighted by Crippen LogP contribution is -2.38. The summed E-state index contributed by atoms with van der Waals surface area (Å²) in [4.78, 5) is 24.1. The molecular weight excluding hydrogens is 316 g/mol. The fraction of sp³-hybridized carbons (Fsp3) is 0.333. The minimum atomic E-state index is -1.41. The summed E-state index contributed by atoms with van der Waals surface area (Å²) in [6.07, 6.45) is 1.40. The maximum absolute atomic E-state index is 12.1. The van der Waals surface area contributed by atoms with Gasteiger partial charge in [0.2, 0.25) is 0 Å². The van der Waals surface area contributed by atoms with Crippen molar-refractivity contribution in [1.29, 1.82) is 0 Å². The first kappa shape index (κ1) is 18.7. The van der Waals surface area contributed by atoms with Crippen LogP contribution in [0.15, 0.2) is 60.7 Å². The normalized spacial score (nSPS) is 11.0. The van der Waals surface area contributed by atoms with Gasteiger partial charge in [0, 0.05) is 24.8 Å². The molecule has 2 rings (SSSR count). The Morgan fingerprint density at radius 1 is 0.800 bits per heavy atom. The van der Waals surface area contributed by atoms with Gasteiger partial charge in [-0.15, -0.1) is 0 Å². The summed E-state index contributed by atoms with van der Waals surface area (Å²) in [5.74, 6) is -2.21. The van der Waals surface area contributed by atoms with Crippen molar-refractivity contribution in [2.24, 2.45) is 0 Å². The van der Waals surface area contributed by atoms with Gasteiger partial charge < -0.3 is 9.47 Å². The summed E-state index contributed by atoms with van der Waals surface area (Å²) >= 11 is 0. The average Bonchev–Trinajstić information content (AvgIpc) is 2.67. The zero-order valence-electron chi connectivity index (χ0n) is 14.7. The Balaban J connectivity index is 2.37. The van der Waals surface area contributed by atoms with Crippen molar-refractivity contribution >= 4 is 11.9 Å². The van der Waals surface area contributed by atoms with E-state index in [4.69, 9.17) is 9.47 Å². The lowest BCUT2D eigenvalue weighted by molar-refractivity contribution is -0.237. The maximum Gasteiger partial charge on any atom is 0.309 e. The van der Waals surface area contributed by atoms with E-state index in [0.29, 0.717) is 18.4 Å². The molecule has 0 aliphatic heterocycles. The molecule has 4 nitrogen and oxygen atoms in total. The second-order valence-corrected chi connectivity index (χ2v) is 5.76. The van der Waals surface area contributed by atoms with Gasteiger partial charge in [-0.1, -0.05) is 74.5 Å². The summed E-state index contributed by atoms with van der Waals surface area (Å²) < 4.78 is 11.4. The lowest BCUT2D eigenvalue weighted by atomic mass is 9.97. The number of carbonyl (C=O) groups is 2. The number of ether oxygens (including phenoxy) is 2. The van der Waals surface area contributed by atoms with Crippen molar-refractivity contribution in [1.82, 2.24) is 0 Å². The smallest absolute Gasteiger partial charge is 0.309 e. The van der Waals surface area contributed by atoms with E-state index in [2.05, 4.69) is 0 Å². The van der Waals surface area contributed by atoms with Crippen LogP contribution in [0.1, 0.15) is 44.2 Å². The molecule has 0 unspecified atom stereocenters. The van der Waals surface area contributed by atoms with Gasteiger partial charge in [0.25, 0.3) is 5.79 Å². The zero-order valence-corrected chi connectivity index (χ0v) is 14.7. The van der Waals surface area contributed by atoms with Crippen LogP contribution >= 0.6 is 0 Å². The molecule has 0 spiro atoms. The van der Waals surface area contributed by atoms with Gasteiger partial charge in [0.05, 0.1) is 0 Å². The van der Waals surface area contributed by atoms with Crippen molar-refractivity contribution < 1.29 is 19.1 Å². The minimum Gasteiger partial charge on any atom is -0.418 e. The predicted molar refractivity (Wildman–Crippen MR) is 95.6 cm³/mol. The Labute approximate surface area is 148 Å². The van der Waals surface area contributed by atoms with E-state index >= 15 is 0 Å². The van der Waals surface area contributed by atoms with Crippen LogP contribution in [0.5, 0.6) is 0 Å². The van der Waals surface area contributed by atoms with Gasteiger partial charge >= 0.3 is 11.9 Å². The molecule has 0 radical (unpaired) electrons. The molecule has 25 heavy (non-hydrogen) atoms. The SMILES string of the molecule is CCC(=O)OC(CCc1ccccc1)(OC(=O)CC)c1ccccc1. The van der Waals surface area contributed by atoms with Crippen LogP contribution in [0.25, 0.3) is 0 Å². The average molecular weight is 340 g/mol. The minimum absolute atomic E-state index is 0.212. The Morgan fingerprint density at radius 3 is 1.76 bits per heavy atom. The summed E-state index contributed by atoms with van der Waals surface area (Å²) in [6, 6.07) is 19.0. The lowest BCUT2D eigenvalue weighted by Gasteiger charge is -2.33. The van der Waals surface area contributed by atoms with Crippen molar-refractivity contribution in [3.05, 3.63) is 71.8 Å². The fourth-order valence-electron chi connectivity index (χ4n) is 2.54. The number of hydrogen-bond acceptors (Lipinski definition) is 4. The maximum atomic E-state index is 12.1. The molecule has 4 heteroatoms. The standard InChI is InChI=1S/C21H24O4/c1-3-19(22)24-21(25-20(23)4-2,18-13-9-6-10-14-18)16-15-17-11-7-5-8-12-17/h5-14H,3-4,15-16H2,1-2H3. The number of hydrogen-bond donors (Lipinski definition) is 0. The first-order valence-corrected chi connectivity index (χ1v) is 8.62. The topological polar surface area (TPSA) is 52.6 Å². The number of esters is 2. The summed E-state index contributed by atoms with van der Waals surface area (Å²) in [5, 5.41) is 0. The number of carbonyl (C=O) groups excluding carboxylic acids is 2. The predicted octanol–water partition coefficient (Wildman–Crippen LogP) is 4.38. The second-order valence-electron chi connectivity index (χ2n) is 5.76. The largest absolute Gasteiger partial charge is 0.418 e. The molecule has 2 aromatic rings. The highest BCUT2D eigenvalue weighted by molar-refractivity contribution is 5.72. The molecule has 0 fully saturated rings. The molecule has 0 heterocycles. The first-order valence-electron chi connectivity index (χ1n) is 8.62. The Morgan fingerprint density at radius 2 is 1.28 bits per heavy atom. The van der Waals surface area contributed by atoms with Crippen molar-refractivity contribution in [3.8, 4) is 0 Å². The fourth-order valence-corrected chi connectivity index (χ4v) is 2.54. The molecule has 132 valence electrons. The number of rotatable bonds is 8. The molecule has 0 atom stereocenters. The Kier molecular flexibility index (Phi) is 6.75. The van der Waals surface area contributed by atoms with E-state index in [9.17, 15) is 9.59 Å². The van der Waals surface area contributed by atoms with E-state index in [1.54, 1.807) is 13.8 Å². The van der Waals surface area contributed by atoms with Crippen LogP contribution in [-0.2, 0) is 31.3 Å². The summed E-state index contributed by atoms with van der Waals surface area (Å²) in [6.45, 7) is 3.44. The molecule has 0 aromatic heterocycles. The number of benzene rings is 2. The van der Waals surface area contributed by atoms with Gasteiger partial charge in [0.1, 0.15) is 0 Å².